The van der Waals surface area contributed by atoms with Crippen LogP contribution in [0.3, 0.4) is 0 Å². The molecule has 2 N–H and O–H groups in total. The van der Waals surface area contributed by atoms with Gasteiger partial charge in [0.05, 0.1) is 35.8 Å². The fraction of sp³-hybridized carbons (Fsp3) is 0. The molecule has 0 spiro atoms. The summed E-state index contributed by atoms with van der Waals surface area (Å²) in [6, 6.07) is 16.7. The molecule has 0 aliphatic carbocycles. The molecule has 3 nitrogen and oxygen atoms in total. The number of fused-ring (bicyclic) bond motifs is 7. The molecule has 2 aromatic heterocycles. The molecule has 0 aliphatic heterocycles. The highest BCUT2D eigenvalue weighted by molar-refractivity contribution is 6.24. The number of nitrogens with two attached hydrogens (primary N) is 1. The molecular weight excluding hydrogens is 476 g/mol. The van der Waals surface area contributed by atoms with E-state index in [1.165, 1.54) is 12.1 Å². The maximum Gasteiger partial charge on any atom is 0.145 e. The maximum atomic E-state index is 8.92. The van der Waals surface area contributed by atoms with E-state index in [0.717, 1.165) is 21.5 Å². The number of rotatable bonds is 3. The van der Waals surface area contributed by atoms with Crippen molar-refractivity contribution in [2.45, 2.75) is 0 Å². The lowest BCUT2D eigenvalue weighted by Gasteiger charge is -2.20. The largest absolute Gasteiger partial charge is 0.455 e. The Balaban J connectivity index is 1.65. The van der Waals surface area contributed by atoms with Crippen LogP contribution >= 0.6 is 0 Å². The van der Waals surface area contributed by atoms with Gasteiger partial charge in [-0.25, -0.2) is 0 Å². The first-order chi connectivity index (χ1) is 23.4. The highest BCUT2D eigenvalue weighted by Gasteiger charge is 2.23. The van der Waals surface area contributed by atoms with Gasteiger partial charge in [-0.15, -0.1) is 0 Å². The number of nitrogen functional groups attached to an aromatic ring is 1. The van der Waals surface area contributed by atoms with Crippen molar-refractivity contribution in [3.63, 3.8) is 0 Å². The molecule has 3 heteroatoms. The van der Waals surface area contributed by atoms with Crippen molar-refractivity contribution < 1.29 is 18.1 Å². The van der Waals surface area contributed by atoms with Crippen LogP contribution in [0.25, 0.3) is 71.7 Å². The lowest BCUT2D eigenvalue weighted by atomic mass is 9.94. The molecule has 0 aliphatic rings. The third kappa shape index (κ3) is 3.23. The van der Waals surface area contributed by atoms with Gasteiger partial charge in [-0.1, -0.05) is 96.8 Å². The number of furan rings is 1. The smallest absolute Gasteiger partial charge is 0.145 e. The molecule has 184 valence electrons. The van der Waals surface area contributed by atoms with Gasteiger partial charge >= 0.3 is 0 Å². The Morgan fingerprint density at radius 2 is 1.23 bits per heavy atom. The predicted octanol–water partition coefficient (Wildman–Crippen LogP) is 9.60. The molecule has 8 aromatic rings. The quantitative estimate of drug-likeness (QED) is 0.240. The number of benzene rings is 6. The van der Waals surface area contributed by atoms with E-state index in [9.17, 15) is 0 Å². The molecular formula is C36H24N2O. The number of anilines is 1. The minimum atomic E-state index is -0.570. The van der Waals surface area contributed by atoms with Crippen LogP contribution in [-0.4, -0.2) is 4.57 Å². The molecule has 6 aromatic carbocycles. The van der Waals surface area contributed by atoms with Crippen molar-refractivity contribution in [2.75, 3.05) is 5.73 Å². The Morgan fingerprint density at radius 1 is 0.615 bits per heavy atom. The third-order valence-corrected chi connectivity index (χ3v) is 7.07. The van der Waals surface area contributed by atoms with E-state index in [0.29, 0.717) is 22.2 Å². The van der Waals surface area contributed by atoms with Crippen LogP contribution in [-0.2, 0) is 0 Å². The van der Waals surface area contributed by atoms with Crippen molar-refractivity contribution in [1.29, 1.82) is 0 Å². The molecule has 0 saturated heterocycles. The molecule has 0 radical (unpaired) electrons. The summed E-state index contributed by atoms with van der Waals surface area (Å²) in [6.45, 7) is 0. The van der Waals surface area contributed by atoms with Crippen LogP contribution in [0, 0.1) is 0 Å². The average Bonchev–Trinajstić information content (AvgIpc) is 3.64. The summed E-state index contributed by atoms with van der Waals surface area (Å²) in [5, 5.41) is 3.31. The minimum absolute atomic E-state index is 0.0906. The third-order valence-electron chi connectivity index (χ3n) is 7.07. The molecule has 8 rings (SSSR count). The van der Waals surface area contributed by atoms with E-state index in [1.807, 2.05) is 65.2 Å². The van der Waals surface area contributed by atoms with Gasteiger partial charge < -0.3 is 14.7 Å². The molecule has 0 amide bonds. The Kier molecular flexibility index (Phi) is 3.01. The number of aromatic nitrogens is 1. The first kappa shape index (κ1) is 14.0. The van der Waals surface area contributed by atoms with Gasteiger partial charge in [0, 0.05) is 33.0 Å². The van der Waals surface area contributed by atoms with Crippen molar-refractivity contribution in [3.05, 3.63) is 133 Å². The minimum Gasteiger partial charge on any atom is -0.455 e. The van der Waals surface area contributed by atoms with Crippen LogP contribution in [0.5, 0.6) is 0 Å². The van der Waals surface area contributed by atoms with Crippen LogP contribution in [0.1, 0.15) is 13.7 Å². The molecule has 0 saturated carbocycles. The molecule has 0 fully saturated rings. The van der Waals surface area contributed by atoms with Crippen molar-refractivity contribution in [2.24, 2.45) is 0 Å². The number of para-hydroxylation sites is 2. The summed E-state index contributed by atoms with van der Waals surface area (Å²) in [5.74, 6) is 0. The predicted molar refractivity (Wildman–Crippen MR) is 163 cm³/mol. The summed E-state index contributed by atoms with van der Waals surface area (Å²) >= 11 is 0. The molecule has 0 bridgehead atoms. The second-order valence-corrected chi connectivity index (χ2v) is 9.25. The van der Waals surface area contributed by atoms with Crippen molar-refractivity contribution in [3.8, 4) is 27.9 Å². The van der Waals surface area contributed by atoms with E-state index < -0.39 is 60.4 Å². The van der Waals surface area contributed by atoms with E-state index in [2.05, 4.69) is 0 Å². The Hall–Kier alpha value is -5.28. The monoisotopic (exact) mass is 510 g/mol. The Morgan fingerprint density at radius 3 is 1.92 bits per heavy atom. The first-order valence-electron chi connectivity index (χ1n) is 17.3. The van der Waals surface area contributed by atoms with Crippen LogP contribution in [0.2, 0.25) is 0 Å². The van der Waals surface area contributed by atoms with Crippen molar-refractivity contribution >= 4 is 49.4 Å². The Bertz CT molecular complexity index is 2600. The molecule has 2 heterocycles. The van der Waals surface area contributed by atoms with Gasteiger partial charge in [-0.05, 0) is 47.5 Å². The van der Waals surface area contributed by atoms with Crippen LogP contribution in [0.4, 0.5) is 5.69 Å². The summed E-state index contributed by atoms with van der Waals surface area (Å²) in [4.78, 5) is 0. The molecule has 0 unspecified atom stereocenters. The average molecular weight is 511 g/mol. The lowest BCUT2D eigenvalue weighted by molar-refractivity contribution is 0.673. The van der Waals surface area contributed by atoms with Crippen LogP contribution in [0.15, 0.2) is 138 Å². The Labute approximate surface area is 239 Å². The standard InChI is InChI=1S/C36H24N2O/c37-25-21-29(23-11-3-1-4-12-23)35(30(22-25)24-13-5-2-6-14-24)38-31-17-9-7-16-28(31)34-32(38)20-19-27-26-15-8-10-18-33(26)39-36(27)34/h1-22H,37H2/i1D,2D,3D,4D,5D,6D,11D,12D,13D,14D. The number of nitrogens with zero attached hydrogens (tertiary/aromatic N) is 1. The fourth-order valence-electron chi connectivity index (χ4n) is 5.52. The summed E-state index contributed by atoms with van der Waals surface area (Å²) in [6.07, 6.45) is 0. The first-order valence-corrected chi connectivity index (χ1v) is 12.3. The van der Waals surface area contributed by atoms with Gasteiger partial charge in [-0.2, -0.15) is 0 Å². The van der Waals surface area contributed by atoms with Gasteiger partial charge in [-0.3, -0.25) is 0 Å². The molecule has 0 atom stereocenters. The van der Waals surface area contributed by atoms with Crippen LogP contribution < -0.4 is 5.73 Å². The zero-order valence-electron chi connectivity index (χ0n) is 30.4. The molecule has 39 heavy (non-hydrogen) atoms. The zero-order valence-corrected chi connectivity index (χ0v) is 20.4. The maximum absolute atomic E-state index is 8.92. The van der Waals surface area contributed by atoms with E-state index >= 15 is 0 Å². The summed E-state index contributed by atoms with van der Waals surface area (Å²) in [5.41, 5.74) is 9.26. The highest BCUT2D eigenvalue weighted by Crippen LogP contribution is 2.45. The second kappa shape index (κ2) is 8.37. The second-order valence-electron chi connectivity index (χ2n) is 9.25. The van der Waals surface area contributed by atoms with Gasteiger partial charge in [0.2, 0.25) is 0 Å². The SMILES string of the molecule is [2H]c1c([2H])c([2H])c(-c2cc(N)cc(-c3c([2H])c([2H])c([2H])c([2H])c3[2H])c2-n2c3ccccc3c3c4oc5ccccc5c4ccc32)c([2H])c1[2H]. The topological polar surface area (TPSA) is 44.1 Å². The van der Waals surface area contributed by atoms with E-state index in [4.69, 9.17) is 23.9 Å². The number of hydrogen-bond donors (Lipinski definition) is 1. The zero-order chi connectivity index (χ0) is 34.6. The normalized spacial score (nSPS) is 15.3. The number of hydrogen-bond acceptors (Lipinski definition) is 2. The van der Waals surface area contributed by atoms with Gasteiger partial charge in [0.1, 0.15) is 11.2 Å². The van der Waals surface area contributed by atoms with Crippen molar-refractivity contribution in [1.82, 2.24) is 4.57 Å². The summed E-state index contributed by atoms with van der Waals surface area (Å²) < 4.78 is 94.3. The van der Waals surface area contributed by atoms with Gasteiger partial charge in [0.15, 0.2) is 0 Å². The van der Waals surface area contributed by atoms with E-state index in [1.54, 1.807) is 0 Å². The summed E-state index contributed by atoms with van der Waals surface area (Å²) in [7, 11) is 0. The lowest BCUT2D eigenvalue weighted by Crippen LogP contribution is -2.02. The fourth-order valence-corrected chi connectivity index (χ4v) is 5.52. The highest BCUT2D eigenvalue weighted by atomic mass is 16.3. The van der Waals surface area contributed by atoms with Gasteiger partial charge in [0.25, 0.3) is 0 Å². The van der Waals surface area contributed by atoms with E-state index in [-0.39, 0.29) is 33.6 Å².